The maximum atomic E-state index is 5.83. The molecule has 0 aliphatic heterocycles. The largest absolute Gasteiger partial charge is 0.466 e. The van der Waals surface area contributed by atoms with Crippen LogP contribution in [-0.4, -0.2) is 16.3 Å². The van der Waals surface area contributed by atoms with Gasteiger partial charge in [-0.2, -0.15) is 5.10 Å². The molecule has 5 heteroatoms. The zero-order valence-electron chi connectivity index (χ0n) is 13.6. The van der Waals surface area contributed by atoms with Crippen LogP contribution in [0.2, 0.25) is 0 Å². The van der Waals surface area contributed by atoms with E-state index in [2.05, 4.69) is 58.7 Å². The minimum Gasteiger partial charge on any atom is -0.466 e. The highest BCUT2D eigenvalue weighted by Gasteiger charge is 2.27. The third-order valence-electron chi connectivity index (χ3n) is 3.86. The first-order chi connectivity index (χ1) is 9.88. The van der Waals surface area contributed by atoms with Crippen LogP contribution in [0.5, 0.6) is 0 Å². The first-order valence-corrected chi connectivity index (χ1v) is 8.20. The lowest BCUT2D eigenvalue weighted by atomic mass is 9.99. The standard InChI is InChI=1S/C16H24BrN3O/c1-7-18-15(14-10(4)11(5)21-12(14)6)16-13(17)8-19-20(16)9(2)3/h8-9,15,18H,7H2,1-6H3. The summed E-state index contributed by atoms with van der Waals surface area (Å²) in [4.78, 5) is 0. The third kappa shape index (κ3) is 2.94. The first-order valence-electron chi connectivity index (χ1n) is 7.41. The van der Waals surface area contributed by atoms with E-state index in [0.717, 1.165) is 28.2 Å². The normalized spacial score (nSPS) is 13.1. The molecule has 2 aromatic heterocycles. The zero-order valence-corrected chi connectivity index (χ0v) is 15.2. The van der Waals surface area contributed by atoms with Gasteiger partial charge in [-0.15, -0.1) is 0 Å². The van der Waals surface area contributed by atoms with E-state index in [1.165, 1.54) is 11.1 Å². The maximum absolute atomic E-state index is 5.83. The molecule has 1 atom stereocenters. The average molecular weight is 354 g/mol. The molecule has 0 aliphatic carbocycles. The molecule has 0 bridgehead atoms. The van der Waals surface area contributed by atoms with Gasteiger partial charge in [0.15, 0.2) is 0 Å². The van der Waals surface area contributed by atoms with Crippen molar-refractivity contribution in [3.8, 4) is 0 Å². The van der Waals surface area contributed by atoms with Crippen molar-refractivity contribution in [2.24, 2.45) is 0 Å². The van der Waals surface area contributed by atoms with Crippen molar-refractivity contribution >= 4 is 15.9 Å². The Hall–Kier alpha value is -1.07. The molecule has 1 unspecified atom stereocenters. The Morgan fingerprint density at radius 1 is 1.29 bits per heavy atom. The lowest BCUT2D eigenvalue weighted by molar-refractivity contribution is 0.464. The summed E-state index contributed by atoms with van der Waals surface area (Å²) in [6, 6.07) is 0.382. The van der Waals surface area contributed by atoms with Crippen molar-refractivity contribution in [1.82, 2.24) is 15.1 Å². The van der Waals surface area contributed by atoms with Crippen LogP contribution in [0.3, 0.4) is 0 Å². The second kappa shape index (κ2) is 6.36. The molecule has 0 radical (unpaired) electrons. The Kier molecular flexibility index (Phi) is 4.94. The van der Waals surface area contributed by atoms with Gasteiger partial charge in [0.05, 0.1) is 22.4 Å². The van der Waals surface area contributed by atoms with E-state index in [9.17, 15) is 0 Å². The minimum absolute atomic E-state index is 0.0757. The smallest absolute Gasteiger partial charge is 0.106 e. The van der Waals surface area contributed by atoms with Crippen molar-refractivity contribution in [1.29, 1.82) is 0 Å². The molecule has 0 amide bonds. The summed E-state index contributed by atoms with van der Waals surface area (Å²) in [5.74, 6) is 1.96. The number of furan rings is 1. The fourth-order valence-electron chi connectivity index (χ4n) is 2.81. The lowest BCUT2D eigenvalue weighted by Gasteiger charge is -2.22. The van der Waals surface area contributed by atoms with E-state index in [4.69, 9.17) is 4.42 Å². The quantitative estimate of drug-likeness (QED) is 0.863. The molecule has 116 valence electrons. The molecule has 2 heterocycles. The molecule has 0 fully saturated rings. The topological polar surface area (TPSA) is 43.0 Å². The molecule has 4 nitrogen and oxygen atoms in total. The lowest BCUT2D eigenvalue weighted by Crippen LogP contribution is -2.26. The molecule has 0 saturated heterocycles. The monoisotopic (exact) mass is 353 g/mol. The molecule has 0 aromatic carbocycles. The van der Waals surface area contributed by atoms with Crippen molar-refractivity contribution < 1.29 is 4.42 Å². The number of nitrogens with one attached hydrogen (secondary N) is 1. The van der Waals surface area contributed by atoms with Crippen LogP contribution in [0.1, 0.15) is 61.2 Å². The molecule has 1 N–H and O–H groups in total. The van der Waals surface area contributed by atoms with E-state index in [1.54, 1.807) is 0 Å². The average Bonchev–Trinajstić information content (AvgIpc) is 2.90. The van der Waals surface area contributed by atoms with Crippen molar-refractivity contribution in [3.63, 3.8) is 0 Å². The number of rotatable bonds is 5. The van der Waals surface area contributed by atoms with Gasteiger partial charge in [0.25, 0.3) is 0 Å². The molecule has 0 aliphatic rings. The molecule has 21 heavy (non-hydrogen) atoms. The van der Waals surface area contributed by atoms with Crippen molar-refractivity contribution in [2.75, 3.05) is 6.54 Å². The fourth-order valence-corrected chi connectivity index (χ4v) is 3.31. The van der Waals surface area contributed by atoms with E-state index in [0.29, 0.717) is 6.04 Å². The van der Waals surface area contributed by atoms with E-state index in [-0.39, 0.29) is 6.04 Å². The summed E-state index contributed by atoms with van der Waals surface area (Å²) in [5.41, 5.74) is 3.58. The highest BCUT2D eigenvalue weighted by molar-refractivity contribution is 9.10. The second-order valence-electron chi connectivity index (χ2n) is 5.66. The van der Waals surface area contributed by atoms with E-state index in [1.807, 2.05) is 20.0 Å². The minimum atomic E-state index is 0.0757. The Bertz CT molecular complexity index is 628. The van der Waals surface area contributed by atoms with Crippen LogP contribution < -0.4 is 5.32 Å². The molecule has 0 saturated carbocycles. The Morgan fingerprint density at radius 3 is 2.43 bits per heavy atom. The van der Waals surface area contributed by atoms with Crippen molar-refractivity contribution in [3.05, 3.63) is 39.0 Å². The number of halogens is 1. The van der Waals surface area contributed by atoms with Gasteiger partial charge in [-0.05, 0) is 62.7 Å². The summed E-state index contributed by atoms with van der Waals surface area (Å²) < 4.78 is 8.92. The predicted molar refractivity (Wildman–Crippen MR) is 88.8 cm³/mol. The highest BCUT2D eigenvalue weighted by atomic mass is 79.9. The molecule has 2 rings (SSSR count). The van der Waals surface area contributed by atoms with Gasteiger partial charge in [-0.3, -0.25) is 4.68 Å². The number of aryl methyl sites for hydroxylation is 2. The van der Waals surface area contributed by atoms with Gasteiger partial charge in [0, 0.05) is 11.6 Å². The predicted octanol–water partition coefficient (Wildman–Crippen LogP) is 4.44. The summed E-state index contributed by atoms with van der Waals surface area (Å²) in [6.45, 7) is 13.5. The first kappa shape index (κ1) is 16.3. The van der Waals surface area contributed by atoms with Crippen LogP contribution in [0.4, 0.5) is 0 Å². The van der Waals surface area contributed by atoms with Gasteiger partial charge in [-0.1, -0.05) is 6.92 Å². The summed E-state index contributed by atoms with van der Waals surface area (Å²) in [5, 5.41) is 8.09. The summed E-state index contributed by atoms with van der Waals surface area (Å²) in [7, 11) is 0. The van der Waals surface area contributed by atoms with Crippen LogP contribution in [0, 0.1) is 20.8 Å². The Balaban J connectivity index is 2.62. The van der Waals surface area contributed by atoms with Gasteiger partial charge in [-0.25, -0.2) is 0 Å². The summed E-state index contributed by atoms with van der Waals surface area (Å²) >= 11 is 3.66. The molecule has 0 spiro atoms. The van der Waals surface area contributed by atoms with Gasteiger partial charge in [0.2, 0.25) is 0 Å². The zero-order chi connectivity index (χ0) is 15.7. The van der Waals surface area contributed by atoms with Gasteiger partial charge >= 0.3 is 0 Å². The highest BCUT2D eigenvalue weighted by Crippen LogP contribution is 2.35. The Morgan fingerprint density at radius 2 is 1.95 bits per heavy atom. The summed E-state index contributed by atoms with van der Waals surface area (Å²) in [6.07, 6.45) is 1.87. The van der Waals surface area contributed by atoms with Gasteiger partial charge < -0.3 is 9.73 Å². The Labute approximate surface area is 135 Å². The van der Waals surface area contributed by atoms with Crippen LogP contribution in [0.25, 0.3) is 0 Å². The van der Waals surface area contributed by atoms with Crippen molar-refractivity contribution in [2.45, 2.75) is 53.6 Å². The number of hydrogen-bond acceptors (Lipinski definition) is 3. The van der Waals surface area contributed by atoms with Gasteiger partial charge in [0.1, 0.15) is 11.5 Å². The van der Waals surface area contributed by atoms with E-state index < -0.39 is 0 Å². The van der Waals surface area contributed by atoms with E-state index >= 15 is 0 Å². The number of aromatic nitrogens is 2. The van der Waals surface area contributed by atoms with Crippen LogP contribution in [0.15, 0.2) is 15.1 Å². The van der Waals surface area contributed by atoms with Crippen LogP contribution >= 0.6 is 15.9 Å². The second-order valence-corrected chi connectivity index (χ2v) is 6.51. The molecule has 2 aromatic rings. The number of nitrogens with zero attached hydrogens (tertiary/aromatic N) is 2. The maximum Gasteiger partial charge on any atom is 0.106 e. The molecular weight excluding hydrogens is 330 g/mol. The third-order valence-corrected chi connectivity index (χ3v) is 4.48. The fraction of sp³-hybridized carbons (Fsp3) is 0.562. The molecular formula is C16H24BrN3O. The van der Waals surface area contributed by atoms with Crippen LogP contribution in [-0.2, 0) is 0 Å². The number of hydrogen-bond donors (Lipinski definition) is 1. The SMILES string of the molecule is CCNC(c1c(C)oc(C)c1C)c1c(Br)cnn1C(C)C.